The Morgan fingerprint density at radius 2 is 1.86 bits per heavy atom. The summed E-state index contributed by atoms with van der Waals surface area (Å²) in [4.78, 5) is 0. The van der Waals surface area contributed by atoms with Crippen LogP contribution in [0.15, 0.2) is 36.4 Å². The van der Waals surface area contributed by atoms with Crippen LogP contribution in [0.2, 0.25) is 5.02 Å². The number of aliphatic hydroxyl groups excluding tert-OH is 1. The summed E-state index contributed by atoms with van der Waals surface area (Å²) in [5, 5.41) is 10.9. The first-order chi connectivity index (χ1) is 10.6. The van der Waals surface area contributed by atoms with Crippen molar-refractivity contribution in [1.29, 1.82) is 0 Å². The maximum atomic E-state index is 10.4. The van der Waals surface area contributed by atoms with E-state index in [1.54, 1.807) is 32.4 Å². The van der Waals surface area contributed by atoms with Gasteiger partial charge in [-0.05, 0) is 35.9 Å². The molecule has 0 aromatic heterocycles. The van der Waals surface area contributed by atoms with E-state index in [9.17, 15) is 5.11 Å². The molecule has 3 rings (SSSR count). The zero-order chi connectivity index (χ0) is 15.7. The third kappa shape index (κ3) is 2.72. The molecule has 2 aromatic rings. The van der Waals surface area contributed by atoms with Gasteiger partial charge in [0.25, 0.3) is 0 Å². The average molecular weight is 321 g/mol. The molecule has 116 valence electrons. The van der Waals surface area contributed by atoms with Crippen molar-refractivity contribution in [1.82, 2.24) is 0 Å². The molecular formula is C17H17ClO4. The monoisotopic (exact) mass is 320 g/mol. The van der Waals surface area contributed by atoms with Gasteiger partial charge in [0.1, 0.15) is 11.9 Å². The molecule has 1 aliphatic heterocycles. The van der Waals surface area contributed by atoms with Crippen molar-refractivity contribution < 1.29 is 19.3 Å². The van der Waals surface area contributed by atoms with Gasteiger partial charge in [-0.3, -0.25) is 0 Å². The van der Waals surface area contributed by atoms with Crippen LogP contribution in [-0.4, -0.2) is 19.3 Å². The first-order valence-corrected chi connectivity index (χ1v) is 7.36. The van der Waals surface area contributed by atoms with Crippen LogP contribution in [0, 0.1) is 0 Å². The van der Waals surface area contributed by atoms with E-state index in [0.717, 1.165) is 11.1 Å². The highest BCUT2D eigenvalue weighted by Gasteiger charge is 2.28. The summed E-state index contributed by atoms with van der Waals surface area (Å²) < 4.78 is 16.6. The number of hydrogen-bond acceptors (Lipinski definition) is 4. The molecule has 0 fully saturated rings. The van der Waals surface area contributed by atoms with Crippen molar-refractivity contribution in [2.24, 2.45) is 0 Å². The smallest absolute Gasteiger partial charge is 0.161 e. The van der Waals surface area contributed by atoms with Crippen LogP contribution in [0.5, 0.6) is 17.2 Å². The lowest BCUT2D eigenvalue weighted by molar-refractivity contribution is 0.0656. The first kappa shape index (κ1) is 15.0. The molecule has 0 saturated carbocycles. The highest BCUT2D eigenvalue weighted by atomic mass is 35.5. The van der Waals surface area contributed by atoms with E-state index in [4.69, 9.17) is 25.8 Å². The third-order valence-corrected chi connectivity index (χ3v) is 4.05. The average Bonchev–Trinajstić information content (AvgIpc) is 2.54. The summed E-state index contributed by atoms with van der Waals surface area (Å²) in [6, 6.07) is 10.9. The fraction of sp³-hybridized carbons (Fsp3) is 0.294. The quantitative estimate of drug-likeness (QED) is 0.931. The number of aliphatic hydroxyl groups is 1. The minimum Gasteiger partial charge on any atom is -0.493 e. The molecule has 22 heavy (non-hydrogen) atoms. The SMILES string of the molecule is COc1ccc(C2CC(O)c3cc(Cl)ccc3O2)cc1OC. The number of hydrogen-bond donors (Lipinski definition) is 1. The second-order valence-electron chi connectivity index (χ2n) is 5.15. The zero-order valence-electron chi connectivity index (χ0n) is 12.4. The molecule has 0 radical (unpaired) electrons. The third-order valence-electron chi connectivity index (χ3n) is 3.82. The zero-order valence-corrected chi connectivity index (χ0v) is 13.1. The van der Waals surface area contributed by atoms with Gasteiger partial charge in [-0.25, -0.2) is 0 Å². The molecule has 0 bridgehead atoms. The Kier molecular flexibility index (Phi) is 4.14. The van der Waals surface area contributed by atoms with E-state index in [2.05, 4.69) is 0 Å². The van der Waals surface area contributed by atoms with E-state index >= 15 is 0 Å². The minimum atomic E-state index is -0.611. The van der Waals surface area contributed by atoms with Crippen molar-refractivity contribution >= 4 is 11.6 Å². The molecule has 0 spiro atoms. The second kappa shape index (κ2) is 6.07. The minimum absolute atomic E-state index is 0.247. The maximum absolute atomic E-state index is 10.4. The van der Waals surface area contributed by atoms with E-state index in [0.29, 0.717) is 28.7 Å². The van der Waals surface area contributed by atoms with Crippen LogP contribution < -0.4 is 14.2 Å². The van der Waals surface area contributed by atoms with Crippen LogP contribution in [0.3, 0.4) is 0 Å². The van der Waals surface area contributed by atoms with Crippen LogP contribution >= 0.6 is 11.6 Å². The largest absolute Gasteiger partial charge is 0.493 e. The second-order valence-corrected chi connectivity index (χ2v) is 5.59. The topological polar surface area (TPSA) is 47.9 Å². The summed E-state index contributed by atoms with van der Waals surface area (Å²) in [5.41, 5.74) is 1.65. The highest BCUT2D eigenvalue weighted by molar-refractivity contribution is 6.30. The van der Waals surface area contributed by atoms with E-state index in [1.165, 1.54) is 0 Å². The summed E-state index contributed by atoms with van der Waals surface area (Å²) in [6.45, 7) is 0. The molecule has 2 aromatic carbocycles. The molecule has 0 amide bonds. The lowest BCUT2D eigenvalue weighted by Gasteiger charge is -2.30. The van der Waals surface area contributed by atoms with Gasteiger partial charge in [-0.1, -0.05) is 17.7 Å². The normalized spacial score (nSPS) is 20.0. The van der Waals surface area contributed by atoms with Gasteiger partial charge in [0.05, 0.1) is 20.3 Å². The van der Waals surface area contributed by atoms with Gasteiger partial charge in [0.2, 0.25) is 0 Å². The van der Waals surface area contributed by atoms with Crippen molar-refractivity contribution in [2.75, 3.05) is 14.2 Å². The molecular weight excluding hydrogens is 304 g/mol. The van der Waals surface area contributed by atoms with Gasteiger partial charge in [0.15, 0.2) is 11.5 Å². The molecule has 2 unspecified atom stereocenters. The Bertz CT molecular complexity index is 686. The van der Waals surface area contributed by atoms with Gasteiger partial charge in [0, 0.05) is 17.0 Å². The van der Waals surface area contributed by atoms with Gasteiger partial charge >= 0.3 is 0 Å². The summed E-state index contributed by atoms with van der Waals surface area (Å²) in [6.07, 6.45) is -0.396. The van der Waals surface area contributed by atoms with Gasteiger partial charge < -0.3 is 19.3 Å². The first-order valence-electron chi connectivity index (χ1n) is 6.98. The van der Waals surface area contributed by atoms with Crippen molar-refractivity contribution in [2.45, 2.75) is 18.6 Å². The van der Waals surface area contributed by atoms with Gasteiger partial charge in [-0.15, -0.1) is 0 Å². The van der Waals surface area contributed by atoms with Crippen LogP contribution in [0.4, 0.5) is 0 Å². The molecule has 4 nitrogen and oxygen atoms in total. The molecule has 0 saturated heterocycles. The molecule has 5 heteroatoms. The molecule has 1 heterocycles. The Labute approximate surface area is 134 Å². The predicted octanol–water partition coefficient (Wildman–Crippen LogP) is 3.91. The number of halogens is 1. The van der Waals surface area contributed by atoms with Crippen LogP contribution in [-0.2, 0) is 0 Å². The van der Waals surface area contributed by atoms with E-state index < -0.39 is 6.10 Å². The fourth-order valence-electron chi connectivity index (χ4n) is 2.68. The standard InChI is InChI=1S/C17H17ClO4/c1-20-15-5-3-10(7-17(15)21-2)16-9-13(19)12-8-11(18)4-6-14(12)22-16/h3-8,13,16,19H,9H2,1-2H3. The van der Waals surface area contributed by atoms with Crippen molar-refractivity contribution in [3.8, 4) is 17.2 Å². The number of methoxy groups -OCH3 is 2. The van der Waals surface area contributed by atoms with Crippen molar-refractivity contribution in [3.63, 3.8) is 0 Å². The van der Waals surface area contributed by atoms with Crippen LogP contribution in [0.1, 0.15) is 29.8 Å². The van der Waals surface area contributed by atoms with E-state index in [-0.39, 0.29) is 6.10 Å². The Morgan fingerprint density at radius 1 is 1.09 bits per heavy atom. The Balaban J connectivity index is 1.92. The predicted molar refractivity (Wildman–Crippen MR) is 83.9 cm³/mol. The number of rotatable bonds is 3. The number of benzene rings is 2. The number of fused-ring (bicyclic) bond motifs is 1. The summed E-state index contributed by atoms with van der Waals surface area (Å²) in [7, 11) is 3.19. The number of ether oxygens (including phenoxy) is 3. The summed E-state index contributed by atoms with van der Waals surface area (Å²) >= 11 is 5.97. The van der Waals surface area contributed by atoms with Gasteiger partial charge in [-0.2, -0.15) is 0 Å². The Hall–Kier alpha value is -1.91. The Morgan fingerprint density at radius 3 is 2.59 bits per heavy atom. The highest BCUT2D eigenvalue weighted by Crippen LogP contribution is 2.43. The molecule has 2 atom stereocenters. The lowest BCUT2D eigenvalue weighted by atomic mass is 9.95. The lowest BCUT2D eigenvalue weighted by Crippen LogP contribution is -2.19. The van der Waals surface area contributed by atoms with E-state index in [1.807, 2.05) is 18.2 Å². The molecule has 1 aliphatic rings. The van der Waals surface area contributed by atoms with Crippen molar-refractivity contribution in [3.05, 3.63) is 52.5 Å². The maximum Gasteiger partial charge on any atom is 0.161 e. The fourth-order valence-corrected chi connectivity index (χ4v) is 2.86. The summed E-state index contributed by atoms with van der Waals surface area (Å²) in [5.74, 6) is 1.96. The molecule has 1 N–H and O–H groups in total. The van der Waals surface area contributed by atoms with Crippen LogP contribution in [0.25, 0.3) is 0 Å². The molecule has 0 aliphatic carbocycles.